The fourth-order valence-corrected chi connectivity index (χ4v) is 6.33. The molecule has 1 saturated carbocycles. The maximum Gasteiger partial charge on any atom is 0.329 e. The van der Waals surface area contributed by atoms with Crippen molar-refractivity contribution in [3.05, 3.63) is 108 Å². The highest BCUT2D eigenvalue weighted by Crippen LogP contribution is 2.47. The number of esters is 1. The van der Waals surface area contributed by atoms with Gasteiger partial charge in [-0.05, 0) is 49.1 Å². The highest BCUT2D eigenvalue weighted by molar-refractivity contribution is 5.96. The summed E-state index contributed by atoms with van der Waals surface area (Å²) in [6.07, 6.45) is 2.75. The molecule has 2 aliphatic heterocycles. The van der Waals surface area contributed by atoms with E-state index in [9.17, 15) is 14.4 Å². The molecule has 1 unspecified atom stereocenters. The van der Waals surface area contributed by atoms with Crippen LogP contribution in [-0.2, 0) is 14.3 Å². The monoisotopic (exact) mass is 495 g/mol. The van der Waals surface area contributed by atoms with E-state index in [1.807, 2.05) is 95.9 Å². The third kappa shape index (κ3) is 5.08. The Labute approximate surface area is 218 Å². The summed E-state index contributed by atoms with van der Waals surface area (Å²) in [5.74, 6) is -0.918. The highest BCUT2D eigenvalue weighted by Gasteiger charge is 2.53. The third-order valence-corrected chi connectivity index (χ3v) is 7.95. The van der Waals surface area contributed by atoms with Gasteiger partial charge in [0.05, 0.1) is 12.5 Å². The topological polar surface area (TPSA) is 63.7 Å². The maximum atomic E-state index is 14.4. The van der Waals surface area contributed by atoms with Crippen molar-refractivity contribution in [1.29, 1.82) is 0 Å². The number of piperidine rings is 2. The normalized spacial score (nSPS) is 22.6. The van der Waals surface area contributed by atoms with Crippen LogP contribution in [-0.4, -0.2) is 41.3 Å². The number of hydrogen-bond donors (Lipinski definition) is 0. The molecule has 2 saturated heterocycles. The van der Waals surface area contributed by atoms with Crippen LogP contribution in [0.3, 0.4) is 0 Å². The standard InChI is InChI=1S/C32H33NO4/c1-2-37-32(36)30-27-19-18-26(20-25(27)21-28(34)22-12-6-3-7-13-22)33(30)31(35)29(23-14-8-4-9-15-23)24-16-10-5-11-17-24/h3-17,25-27,29-30H,2,18-21H2,1H3/t25?,26-,27+,30-/m0/s1. The second-order valence-corrected chi connectivity index (χ2v) is 10.1. The largest absolute Gasteiger partial charge is 0.464 e. The summed E-state index contributed by atoms with van der Waals surface area (Å²) < 4.78 is 5.53. The number of Topliss-reactive ketones (excluding diaryl/α,β-unsaturated/α-hetero) is 1. The Bertz CT molecular complexity index is 1190. The zero-order valence-corrected chi connectivity index (χ0v) is 21.2. The second kappa shape index (κ2) is 11.1. The molecule has 0 N–H and O–H groups in total. The van der Waals surface area contributed by atoms with Gasteiger partial charge in [0.2, 0.25) is 5.91 Å². The van der Waals surface area contributed by atoms with E-state index in [0.717, 1.165) is 30.4 Å². The molecule has 5 heteroatoms. The van der Waals surface area contributed by atoms with Gasteiger partial charge in [0.15, 0.2) is 5.78 Å². The number of hydrogen-bond acceptors (Lipinski definition) is 4. The SMILES string of the molecule is CCOC(=O)[C@@H]1[C@@H]2CC[C@@H](CC2CC(=O)c2ccccc2)N1C(=O)C(c1ccccc1)c1ccccc1. The van der Waals surface area contributed by atoms with Crippen molar-refractivity contribution in [1.82, 2.24) is 4.90 Å². The van der Waals surface area contributed by atoms with Gasteiger partial charge in [-0.25, -0.2) is 4.79 Å². The average Bonchev–Trinajstić information content (AvgIpc) is 2.95. The molecule has 0 radical (unpaired) electrons. The molecule has 190 valence electrons. The molecular weight excluding hydrogens is 462 g/mol. The summed E-state index contributed by atoms with van der Waals surface area (Å²) in [7, 11) is 0. The number of benzene rings is 3. The molecule has 3 aromatic rings. The van der Waals surface area contributed by atoms with Crippen LogP contribution in [0.15, 0.2) is 91.0 Å². The van der Waals surface area contributed by atoms with E-state index in [4.69, 9.17) is 4.74 Å². The Morgan fingerprint density at radius 1 is 0.838 bits per heavy atom. The highest BCUT2D eigenvalue weighted by atomic mass is 16.5. The molecule has 37 heavy (non-hydrogen) atoms. The van der Waals surface area contributed by atoms with Crippen LogP contribution in [0.2, 0.25) is 0 Å². The minimum absolute atomic E-state index is 0.0387. The average molecular weight is 496 g/mol. The number of amides is 1. The summed E-state index contributed by atoms with van der Waals surface area (Å²) in [5, 5.41) is 0. The fourth-order valence-electron chi connectivity index (χ4n) is 6.33. The molecule has 2 heterocycles. The number of carbonyl (C=O) groups excluding carboxylic acids is 3. The minimum atomic E-state index is -0.677. The first kappa shape index (κ1) is 24.9. The van der Waals surface area contributed by atoms with Gasteiger partial charge in [0.1, 0.15) is 6.04 Å². The van der Waals surface area contributed by atoms with Gasteiger partial charge in [-0.15, -0.1) is 0 Å². The van der Waals surface area contributed by atoms with Gasteiger partial charge in [-0.1, -0.05) is 91.0 Å². The Morgan fingerprint density at radius 3 is 1.97 bits per heavy atom. The minimum Gasteiger partial charge on any atom is -0.464 e. The van der Waals surface area contributed by atoms with Crippen LogP contribution >= 0.6 is 0 Å². The molecule has 3 aliphatic rings. The van der Waals surface area contributed by atoms with Gasteiger partial charge in [-0.3, -0.25) is 9.59 Å². The first-order chi connectivity index (χ1) is 18.1. The summed E-state index contributed by atoms with van der Waals surface area (Å²) in [5.41, 5.74) is 2.50. The molecule has 5 nitrogen and oxygen atoms in total. The number of rotatable bonds is 8. The molecule has 1 aliphatic carbocycles. The van der Waals surface area contributed by atoms with Crippen molar-refractivity contribution in [3.63, 3.8) is 0 Å². The molecule has 3 aromatic carbocycles. The molecular formula is C32H33NO4. The van der Waals surface area contributed by atoms with Crippen LogP contribution in [0.5, 0.6) is 0 Å². The van der Waals surface area contributed by atoms with Gasteiger partial charge in [-0.2, -0.15) is 0 Å². The van der Waals surface area contributed by atoms with Crippen molar-refractivity contribution in [3.8, 4) is 0 Å². The number of fused-ring (bicyclic) bond motifs is 3. The van der Waals surface area contributed by atoms with Crippen molar-refractivity contribution in [2.45, 2.75) is 50.6 Å². The predicted octanol–water partition coefficient (Wildman–Crippen LogP) is 5.65. The van der Waals surface area contributed by atoms with E-state index < -0.39 is 12.0 Å². The predicted molar refractivity (Wildman–Crippen MR) is 142 cm³/mol. The van der Waals surface area contributed by atoms with Crippen LogP contribution in [0.1, 0.15) is 60.0 Å². The Hall–Kier alpha value is -3.73. The number of nitrogens with zero attached hydrogens (tertiary/aromatic N) is 1. The zero-order valence-electron chi connectivity index (χ0n) is 21.2. The van der Waals surface area contributed by atoms with Crippen molar-refractivity contribution in [2.75, 3.05) is 6.61 Å². The van der Waals surface area contributed by atoms with E-state index in [1.54, 1.807) is 6.92 Å². The van der Waals surface area contributed by atoms with Gasteiger partial charge >= 0.3 is 5.97 Å². The smallest absolute Gasteiger partial charge is 0.329 e. The third-order valence-electron chi connectivity index (χ3n) is 7.95. The van der Waals surface area contributed by atoms with E-state index in [1.165, 1.54) is 0 Å². The van der Waals surface area contributed by atoms with E-state index in [-0.39, 0.29) is 42.1 Å². The number of ketones is 1. The second-order valence-electron chi connectivity index (χ2n) is 10.1. The first-order valence-electron chi connectivity index (χ1n) is 13.3. The summed E-state index contributed by atoms with van der Waals surface area (Å²) in [6, 6.07) is 28.1. The lowest BCUT2D eigenvalue weighted by Crippen LogP contribution is -2.64. The van der Waals surface area contributed by atoms with Crippen molar-refractivity contribution >= 4 is 17.7 Å². The Kier molecular flexibility index (Phi) is 7.50. The molecule has 0 aromatic heterocycles. The molecule has 2 bridgehead atoms. The number of ether oxygens (including phenoxy) is 1. The van der Waals surface area contributed by atoms with Crippen LogP contribution in [0.25, 0.3) is 0 Å². The van der Waals surface area contributed by atoms with Crippen molar-refractivity contribution in [2.24, 2.45) is 11.8 Å². The lowest BCUT2D eigenvalue weighted by atomic mass is 9.65. The van der Waals surface area contributed by atoms with Crippen LogP contribution in [0.4, 0.5) is 0 Å². The molecule has 6 rings (SSSR count). The first-order valence-corrected chi connectivity index (χ1v) is 13.3. The van der Waals surface area contributed by atoms with Gasteiger partial charge in [0.25, 0.3) is 0 Å². The van der Waals surface area contributed by atoms with Gasteiger partial charge < -0.3 is 9.64 Å². The molecule has 1 amide bonds. The van der Waals surface area contributed by atoms with Crippen LogP contribution < -0.4 is 0 Å². The van der Waals surface area contributed by atoms with Crippen molar-refractivity contribution < 1.29 is 19.1 Å². The Morgan fingerprint density at radius 2 is 1.41 bits per heavy atom. The zero-order chi connectivity index (χ0) is 25.8. The lowest BCUT2D eigenvalue weighted by Gasteiger charge is -2.54. The molecule has 4 atom stereocenters. The fraction of sp³-hybridized carbons (Fsp3) is 0.344. The molecule has 3 fully saturated rings. The Balaban J connectivity index is 1.48. The quantitative estimate of drug-likeness (QED) is 0.299. The van der Waals surface area contributed by atoms with Gasteiger partial charge in [0, 0.05) is 18.0 Å². The van der Waals surface area contributed by atoms with E-state index >= 15 is 0 Å². The van der Waals surface area contributed by atoms with Crippen LogP contribution in [0, 0.1) is 11.8 Å². The maximum absolute atomic E-state index is 14.4. The van der Waals surface area contributed by atoms with E-state index in [2.05, 4.69) is 0 Å². The van der Waals surface area contributed by atoms with E-state index in [0.29, 0.717) is 12.0 Å². The number of carbonyl (C=O) groups is 3. The lowest BCUT2D eigenvalue weighted by molar-refractivity contribution is -0.171. The summed E-state index contributed by atoms with van der Waals surface area (Å²) in [6.45, 7) is 2.04. The summed E-state index contributed by atoms with van der Waals surface area (Å²) >= 11 is 0. The summed E-state index contributed by atoms with van der Waals surface area (Å²) in [4.78, 5) is 42.7. The molecule has 0 spiro atoms.